The summed E-state index contributed by atoms with van der Waals surface area (Å²) in [5.74, 6) is -0.259. The fourth-order valence-electron chi connectivity index (χ4n) is 3.38. The first-order chi connectivity index (χ1) is 13.1. The van der Waals surface area contributed by atoms with Gasteiger partial charge in [-0.3, -0.25) is 14.4 Å². The average Bonchev–Trinajstić information content (AvgIpc) is 2.64. The van der Waals surface area contributed by atoms with Crippen LogP contribution in [0.3, 0.4) is 0 Å². The molecule has 1 saturated heterocycles. The van der Waals surface area contributed by atoms with E-state index in [2.05, 4.69) is 5.32 Å². The summed E-state index contributed by atoms with van der Waals surface area (Å²) in [4.78, 5) is 39.1. The van der Waals surface area contributed by atoms with E-state index in [1.807, 2.05) is 20.8 Å². The zero-order valence-corrected chi connectivity index (χ0v) is 17.8. The van der Waals surface area contributed by atoms with Crippen molar-refractivity contribution in [3.05, 3.63) is 28.8 Å². The lowest BCUT2D eigenvalue weighted by Gasteiger charge is -2.32. The molecular weight excluding hydrogens is 380 g/mol. The molecular formula is C21H29ClN2O4. The van der Waals surface area contributed by atoms with Crippen LogP contribution in [-0.2, 0) is 9.59 Å². The summed E-state index contributed by atoms with van der Waals surface area (Å²) in [6.07, 6.45) is 1.83. The number of nitrogens with zero attached hydrogens (tertiary/aromatic N) is 1. The van der Waals surface area contributed by atoms with E-state index in [1.54, 1.807) is 23.1 Å². The quantitative estimate of drug-likeness (QED) is 0.783. The van der Waals surface area contributed by atoms with Crippen LogP contribution in [-0.4, -0.2) is 49.2 Å². The Bertz CT molecular complexity index is 742. The minimum atomic E-state index is -0.328. The summed E-state index contributed by atoms with van der Waals surface area (Å²) < 4.78 is 5.27. The summed E-state index contributed by atoms with van der Waals surface area (Å²) in [6, 6.07) is 4.90. The lowest BCUT2D eigenvalue weighted by atomic mass is 9.90. The first-order valence-electron chi connectivity index (χ1n) is 9.53. The van der Waals surface area contributed by atoms with E-state index < -0.39 is 0 Å². The number of halogens is 1. The lowest BCUT2D eigenvalue weighted by Crippen LogP contribution is -2.46. The molecule has 1 N–H and O–H groups in total. The molecule has 1 atom stereocenters. The molecule has 0 spiro atoms. The van der Waals surface area contributed by atoms with Crippen LogP contribution in [0.5, 0.6) is 5.75 Å². The van der Waals surface area contributed by atoms with Crippen molar-refractivity contribution in [2.75, 3.05) is 26.7 Å². The number of rotatable bonds is 6. The van der Waals surface area contributed by atoms with Gasteiger partial charge in [0.15, 0.2) is 5.78 Å². The van der Waals surface area contributed by atoms with Crippen LogP contribution in [0, 0.1) is 11.3 Å². The number of benzene rings is 1. The Balaban J connectivity index is 1.98. The Morgan fingerprint density at radius 1 is 1.29 bits per heavy atom. The maximum atomic E-state index is 12.9. The van der Waals surface area contributed by atoms with Crippen LogP contribution in [0.2, 0.25) is 5.02 Å². The van der Waals surface area contributed by atoms with Gasteiger partial charge in [-0.05, 0) is 36.5 Å². The van der Waals surface area contributed by atoms with Gasteiger partial charge in [-0.25, -0.2) is 0 Å². The number of nitrogens with one attached hydrogen (secondary N) is 1. The normalized spacial score (nSPS) is 17.2. The van der Waals surface area contributed by atoms with E-state index in [9.17, 15) is 14.4 Å². The molecule has 0 aromatic heterocycles. The van der Waals surface area contributed by atoms with Crippen molar-refractivity contribution in [2.45, 2.75) is 40.0 Å². The van der Waals surface area contributed by atoms with Crippen LogP contribution in [0.15, 0.2) is 18.2 Å². The molecule has 6 nitrogen and oxygen atoms in total. The zero-order valence-electron chi connectivity index (χ0n) is 17.0. The number of likely N-dealkylation sites (tertiary alicyclic amines) is 1. The lowest BCUT2D eigenvalue weighted by molar-refractivity contribution is -0.129. The molecule has 0 saturated carbocycles. The van der Waals surface area contributed by atoms with Crippen LogP contribution in [0.1, 0.15) is 50.4 Å². The van der Waals surface area contributed by atoms with Gasteiger partial charge in [-0.2, -0.15) is 0 Å². The SMILES string of the molecule is COc1ccc(Cl)cc1C(=O)N1CCCC(C(=O)NCC(=O)CC(C)(C)C)C1. The Kier molecular flexibility index (Phi) is 7.47. The molecule has 7 heteroatoms. The van der Waals surface area contributed by atoms with Gasteiger partial charge in [0.1, 0.15) is 5.75 Å². The van der Waals surface area contributed by atoms with Gasteiger partial charge in [-0.1, -0.05) is 32.4 Å². The monoisotopic (exact) mass is 408 g/mol. The third kappa shape index (κ3) is 6.23. The van der Waals surface area contributed by atoms with Gasteiger partial charge >= 0.3 is 0 Å². The minimum absolute atomic E-state index is 0.00764. The molecule has 0 bridgehead atoms. The van der Waals surface area contributed by atoms with Crippen LogP contribution in [0.4, 0.5) is 0 Å². The molecule has 1 fully saturated rings. The summed E-state index contributed by atoms with van der Waals surface area (Å²) in [6.45, 7) is 6.88. The third-order valence-electron chi connectivity index (χ3n) is 4.66. The number of carbonyl (C=O) groups excluding carboxylic acids is 3. The highest BCUT2D eigenvalue weighted by atomic mass is 35.5. The smallest absolute Gasteiger partial charge is 0.257 e. The molecule has 0 aliphatic carbocycles. The second-order valence-corrected chi connectivity index (χ2v) is 8.87. The van der Waals surface area contributed by atoms with E-state index in [-0.39, 0.29) is 35.5 Å². The number of piperidine rings is 1. The van der Waals surface area contributed by atoms with Crippen molar-refractivity contribution in [1.29, 1.82) is 0 Å². The zero-order chi connectivity index (χ0) is 20.9. The topological polar surface area (TPSA) is 75.7 Å². The minimum Gasteiger partial charge on any atom is -0.496 e. The second-order valence-electron chi connectivity index (χ2n) is 8.43. The van der Waals surface area contributed by atoms with Gasteiger partial charge in [0, 0.05) is 24.5 Å². The fourth-order valence-corrected chi connectivity index (χ4v) is 3.55. The molecule has 2 rings (SSSR count). The van der Waals surface area contributed by atoms with Crippen molar-refractivity contribution in [3.63, 3.8) is 0 Å². The van der Waals surface area contributed by atoms with E-state index in [0.717, 1.165) is 6.42 Å². The molecule has 1 heterocycles. The number of ether oxygens (including phenoxy) is 1. The van der Waals surface area contributed by atoms with Crippen molar-refractivity contribution < 1.29 is 19.1 Å². The van der Waals surface area contributed by atoms with Gasteiger partial charge in [0.2, 0.25) is 5.91 Å². The van der Waals surface area contributed by atoms with E-state index in [1.165, 1.54) is 7.11 Å². The maximum Gasteiger partial charge on any atom is 0.257 e. The number of carbonyl (C=O) groups is 3. The third-order valence-corrected chi connectivity index (χ3v) is 4.89. The highest BCUT2D eigenvalue weighted by Crippen LogP contribution is 2.26. The molecule has 0 radical (unpaired) electrons. The van der Waals surface area contributed by atoms with Crippen molar-refractivity contribution in [3.8, 4) is 5.75 Å². The molecule has 1 aromatic rings. The summed E-state index contributed by atoms with van der Waals surface area (Å²) in [7, 11) is 1.50. The summed E-state index contributed by atoms with van der Waals surface area (Å²) in [5, 5.41) is 3.19. The Morgan fingerprint density at radius 3 is 2.64 bits per heavy atom. The number of Topliss-reactive ketones (excluding diaryl/α,β-unsaturated/α-hetero) is 1. The van der Waals surface area contributed by atoms with Gasteiger partial charge in [-0.15, -0.1) is 0 Å². The average molecular weight is 409 g/mol. The predicted octanol–water partition coefficient (Wildman–Crippen LogP) is 3.32. The summed E-state index contributed by atoms with van der Waals surface area (Å²) in [5.41, 5.74) is 0.280. The largest absolute Gasteiger partial charge is 0.496 e. The Hall–Kier alpha value is -2.08. The Labute approximate surface area is 171 Å². The molecule has 1 aliphatic heterocycles. The van der Waals surface area contributed by atoms with Crippen molar-refractivity contribution in [2.24, 2.45) is 11.3 Å². The highest BCUT2D eigenvalue weighted by Gasteiger charge is 2.30. The first kappa shape index (κ1) is 22.2. The van der Waals surface area contributed by atoms with Crippen LogP contribution < -0.4 is 10.1 Å². The van der Waals surface area contributed by atoms with Crippen LogP contribution >= 0.6 is 11.6 Å². The number of hydrogen-bond donors (Lipinski definition) is 1. The van der Waals surface area contributed by atoms with Gasteiger partial charge in [0.05, 0.1) is 25.1 Å². The molecule has 2 amide bonds. The standard InChI is InChI=1S/C21H29ClN2O4/c1-21(2,3)11-16(25)12-23-19(26)14-6-5-9-24(13-14)20(27)17-10-15(22)7-8-18(17)28-4/h7-8,10,14H,5-6,9,11-13H2,1-4H3,(H,23,26). The highest BCUT2D eigenvalue weighted by molar-refractivity contribution is 6.31. The number of hydrogen-bond acceptors (Lipinski definition) is 4. The van der Waals surface area contributed by atoms with E-state index >= 15 is 0 Å². The molecule has 1 unspecified atom stereocenters. The molecule has 1 aromatic carbocycles. The second kappa shape index (κ2) is 9.41. The number of amides is 2. The predicted molar refractivity (Wildman–Crippen MR) is 109 cm³/mol. The molecule has 154 valence electrons. The molecule has 28 heavy (non-hydrogen) atoms. The van der Waals surface area contributed by atoms with Crippen LogP contribution in [0.25, 0.3) is 0 Å². The molecule has 1 aliphatic rings. The Morgan fingerprint density at radius 2 is 2.00 bits per heavy atom. The van der Waals surface area contributed by atoms with Gasteiger partial charge in [0.25, 0.3) is 5.91 Å². The van der Waals surface area contributed by atoms with Crippen molar-refractivity contribution in [1.82, 2.24) is 10.2 Å². The van der Waals surface area contributed by atoms with E-state index in [0.29, 0.717) is 42.3 Å². The van der Waals surface area contributed by atoms with Gasteiger partial charge < -0.3 is 15.0 Å². The number of methoxy groups -OCH3 is 1. The number of ketones is 1. The van der Waals surface area contributed by atoms with Crippen molar-refractivity contribution >= 4 is 29.2 Å². The first-order valence-corrected chi connectivity index (χ1v) is 9.91. The maximum absolute atomic E-state index is 12.9. The summed E-state index contributed by atoms with van der Waals surface area (Å²) >= 11 is 6.03. The van der Waals surface area contributed by atoms with E-state index in [4.69, 9.17) is 16.3 Å². The fraction of sp³-hybridized carbons (Fsp3) is 0.571.